The zero-order valence-corrected chi connectivity index (χ0v) is 16.4. The predicted octanol–water partition coefficient (Wildman–Crippen LogP) is 3.14. The first-order valence-electron chi connectivity index (χ1n) is 8.87. The number of ether oxygens (including phenoxy) is 1. The fraction of sp³-hybridized carbons (Fsp3) is 0.450. The highest BCUT2D eigenvalue weighted by molar-refractivity contribution is 6.06. The number of carbonyl (C=O) groups is 2. The smallest absolute Gasteiger partial charge is 0.339 e. The number of benzene rings is 1. The second-order valence-corrected chi connectivity index (χ2v) is 7.76. The quantitative estimate of drug-likeness (QED) is 0.687. The second kappa shape index (κ2) is 7.82. The van der Waals surface area contributed by atoms with E-state index in [9.17, 15) is 14.7 Å². The lowest BCUT2D eigenvalue weighted by Gasteiger charge is -2.27. The van der Waals surface area contributed by atoms with Crippen LogP contribution in [-0.2, 0) is 4.79 Å². The van der Waals surface area contributed by atoms with Crippen LogP contribution in [0.25, 0.3) is 10.9 Å². The summed E-state index contributed by atoms with van der Waals surface area (Å²) in [5.74, 6) is -0.466. The molecular formula is C20H27N3O4. The lowest BCUT2D eigenvalue weighted by Crippen LogP contribution is -2.48. The van der Waals surface area contributed by atoms with Gasteiger partial charge < -0.3 is 20.9 Å². The fourth-order valence-corrected chi connectivity index (χ4v) is 2.92. The molecule has 1 aromatic heterocycles. The number of hydrogen-bond acceptors (Lipinski definition) is 5. The van der Waals surface area contributed by atoms with Crippen molar-refractivity contribution in [2.75, 3.05) is 12.3 Å². The number of amides is 1. The molecule has 1 aromatic carbocycles. The summed E-state index contributed by atoms with van der Waals surface area (Å²) >= 11 is 0. The van der Waals surface area contributed by atoms with Crippen LogP contribution in [0.5, 0.6) is 5.75 Å². The lowest BCUT2D eigenvalue weighted by molar-refractivity contribution is -0.123. The van der Waals surface area contributed by atoms with Gasteiger partial charge in [0, 0.05) is 6.42 Å². The molecule has 1 heterocycles. The first-order valence-corrected chi connectivity index (χ1v) is 8.87. The number of aryl methyl sites for hydroxylation is 1. The topological polar surface area (TPSA) is 115 Å². The molecule has 0 bridgehead atoms. The monoisotopic (exact) mass is 373 g/mol. The van der Waals surface area contributed by atoms with Crippen LogP contribution in [0.2, 0.25) is 0 Å². The number of nitrogens with one attached hydrogen (secondary N) is 1. The lowest BCUT2D eigenvalue weighted by atomic mass is 10.0. The molecule has 7 heteroatoms. The number of aromatic nitrogens is 1. The molecule has 0 unspecified atom stereocenters. The van der Waals surface area contributed by atoms with Gasteiger partial charge in [-0.05, 0) is 38.8 Å². The second-order valence-electron chi connectivity index (χ2n) is 7.76. The molecule has 4 N–H and O–H groups in total. The number of aromatic carboxylic acids is 1. The summed E-state index contributed by atoms with van der Waals surface area (Å²) in [4.78, 5) is 27.9. The zero-order valence-electron chi connectivity index (χ0n) is 16.4. The first kappa shape index (κ1) is 20.5. The van der Waals surface area contributed by atoms with Gasteiger partial charge in [0.1, 0.15) is 17.9 Å². The Bertz CT molecular complexity index is 875. The molecule has 1 amide bonds. The van der Waals surface area contributed by atoms with E-state index in [-0.39, 0.29) is 29.7 Å². The molecule has 7 nitrogen and oxygen atoms in total. The van der Waals surface area contributed by atoms with Gasteiger partial charge in [-0.1, -0.05) is 19.9 Å². The minimum absolute atomic E-state index is 0.0250. The Morgan fingerprint density at radius 2 is 2.00 bits per heavy atom. The Labute approximate surface area is 158 Å². The summed E-state index contributed by atoms with van der Waals surface area (Å²) in [5, 5.41) is 12.8. The van der Waals surface area contributed by atoms with Crippen molar-refractivity contribution in [3.8, 4) is 5.75 Å². The third-order valence-electron chi connectivity index (χ3n) is 4.07. The van der Waals surface area contributed by atoms with Crippen molar-refractivity contribution >= 4 is 28.5 Å². The number of nitrogens with zero attached hydrogens (tertiary/aromatic N) is 1. The molecule has 0 atom stereocenters. The van der Waals surface area contributed by atoms with Crippen molar-refractivity contribution in [2.24, 2.45) is 5.92 Å². The van der Waals surface area contributed by atoms with Gasteiger partial charge in [-0.25, -0.2) is 4.79 Å². The van der Waals surface area contributed by atoms with Crippen molar-refractivity contribution < 1.29 is 19.4 Å². The number of nitrogen functional groups attached to an aromatic ring is 1. The Morgan fingerprint density at radius 1 is 1.33 bits per heavy atom. The minimum Gasteiger partial charge on any atom is -0.490 e. The van der Waals surface area contributed by atoms with Gasteiger partial charge in [0.15, 0.2) is 0 Å². The molecule has 0 aliphatic rings. The van der Waals surface area contributed by atoms with Gasteiger partial charge in [-0.2, -0.15) is 0 Å². The third-order valence-corrected chi connectivity index (χ3v) is 4.07. The summed E-state index contributed by atoms with van der Waals surface area (Å²) in [6.45, 7) is 9.51. The molecule has 0 fully saturated rings. The number of nitrogens with two attached hydrogens (primary N) is 1. The van der Waals surface area contributed by atoms with Gasteiger partial charge in [0.2, 0.25) is 5.91 Å². The van der Waals surface area contributed by atoms with Gasteiger partial charge in [0.05, 0.1) is 27.8 Å². The highest BCUT2D eigenvalue weighted by Crippen LogP contribution is 2.33. The van der Waals surface area contributed by atoms with Crippen LogP contribution in [0.4, 0.5) is 5.69 Å². The van der Waals surface area contributed by atoms with Gasteiger partial charge in [-0.15, -0.1) is 0 Å². The maximum Gasteiger partial charge on any atom is 0.339 e. The summed E-state index contributed by atoms with van der Waals surface area (Å²) < 4.78 is 5.92. The summed E-state index contributed by atoms with van der Waals surface area (Å²) in [7, 11) is 0. The Hall–Kier alpha value is -2.83. The van der Waals surface area contributed by atoms with Crippen molar-refractivity contribution in [2.45, 2.75) is 46.6 Å². The molecular weight excluding hydrogens is 346 g/mol. The SMILES string of the molecule is Cc1nc2cccc(OCC(C)(C)NC(=O)CC(C)C)c2c(N)c1C(=O)O. The van der Waals surface area contributed by atoms with Gasteiger partial charge >= 0.3 is 5.97 Å². The molecule has 27 heavy (non-hydrogen) atoms. The highest BCUT2D eigenvalue weighted by atomic mass is 16.5. The molecule has 0 aliphatic heterocycles. The average Bonchev–Trinajstić information content (AvgIpc) is 2.50. The van der Waals surface area contributed by atoms with Crippen molar-refractivity contribution in [1.29, 1.82) is 0 Å². The standard InChI is InChI=1S/C20H27N3O4/c1-11(2)9-15(24)23-20(4,5)10-27-14-8-6-7-13-17(14)18(21)16(19(25)26)12(3)22-13/h6-8,11H,9-10H2,1-5H3,(H2,21,22)(H,23,24)(H,25,26). The molecule has 0 saturated heterocycles. The molecule has 0 radical (unpaired) electrons. The van der Waals surface area contributed by atoms with Crippen LogP contribution in [-0.4, -0.2) is 34.1 Å². The zero-order chi connectivity index (χ0) is 20.4. The number of fused-ring (bicyclic) bond motifs is 1. The highest BCUT2D eigenvalue weighted by Gasteiger charge is 2.24. The maximum absolute atomic E-state index is 12.0. The van der Waals surface area contributed by atoms with E-state index in [0.717, 1.165) is 0 Å². The number of hydrogen-bond donors (Lipinski definition) is 3. The maximum atomic E-state index is 12.0. The van der Waals surface area contributed by atoms with E-state index < -0.39 is 11.5 Å². The number of carbonyl (C=O) groups excluding carboxylic acids is 1. The van der Waals surface area contributed by atoms with Crippen molar-refractivity contribution in [3.05, 3.63) is 29.5 Å². The Balaban J connectivity index is 2.30. The van der Waals surface area contributed by atoms with Crippen LogP contribution in [0.15, 0.2) is 18.2 Å². The molecule has 0 spiro atoms. The summed E-state index contributed by atoms with van der Waals surface area (Å²) in [6, 6.07) is 5.24. The van der Waals surface area contributed by atoms with Crippen LogP contribution in [0.1, 0.15) is 50.2 Å². The Kier molecular flexibility index (Phi) is 5.93. The van der Waals surface area contributed by atoms with Crippen LogP contribution < -0.4 is 15.8 Å². The molecule has 0 aliphatic carbocycles. The van der Waals surface area contributed by atoms with E-state index in [1.807, 2.05) is 27.7 Å². The van der Waals surface area contributed by atoms with Gasteiger partial charge in [0.25, 0.3) is 0 Å². The minimum atomic E-state index is -1.13. The first-order chi connectivity index (χ1) is 12.5. The Morgan fingerprint density at radius 3 is 2.59 bits per heavy atom. The number of carboxylic acid groups (broad SMARTS) is 1. The van der Waals surface area contributed by atoms with E-state index in [1.165, 1.54) is 0 Å². The van der Waals surface area contributed by atoms with E-state index in [1.54, 1.807) is 25.1 Å². The van der Waals surface area contributed by atoms with Crippen LogP contribution in [0.3, 0.4) is 0 Å². The average molecular weight is 373 g/mol. The number of anilines is 1. The van der Waals surface area contributed by atoms with Crippen molar-refractivity contribution in [3.63, 3.8) is 0 Å². The van der Waals surface area contributed by atoms with Crippen LogP contribution in [0, 0.1) is 12.8 Å². The summed E-state index contributed by atoms with van der Waals surface area (Å²) in [5.41, 5.74) is 6.54. The largest absolute Gasteiger partial charge is 0.490 e. The van der Waals surface area contributed by atoms with E-state index in [0.29, 0.717) is 28.8 Å². The van der Waals surface area contributed by atoms with E-state index in [4.69, 9.17) is 10.5 Å². The van der Waals surface area contributed by atoms with E-state index >= 15 is 0 Å². The van der Waals surface area contributed by atoms with E-state index in [2.05, 4.69) is 10.3 Å². The molecule has 146 valence electrons. The normalized spacial score (nSPS) is 11.6. The molecule has 0 saturated carbocycles. The number of rotatable bonds is 7. The van der Waals surface area contributed by atoms with Gasteiger partial charge in [-0.3, -0.25) is 9.78 Å². The summed E-state index contributed by atoms with van der Waals surface area (Å²) in [6.07, 6.45) is 0.440. The number of pyridine rings is 1. The molecule has 2 rings (SSSR count). The third kappa shape index (κ3) is 4.87. The number of carboxylic acids is 1. The van der Waals surface area contributed by atoms with Crippen LogP contribution >= 0.6 is 0 Å². The van der Waals surface area contributed by atoms with Crippen molar-refractivity contribution in [1.82, 2.24) is 10.3 Å². The predicted molar refractivity (Wildman–Crippen MR) is 105 cm³/mol. The molecule has 2 aromatic rings. The fourth-order valence-electron chi connectivity index (χ4n) is 2.92.